The molecule has 0 aliphatic carbocycles. The molecule has 1 heterocycles. The topological polar surface area (TPSA) is 93.8 Å². The van der Waals surface area contributed by atoms with E-state index in [-0.39, 0.29) is 11.3 Å². The van der Waals surface area contributed by atoms with E-state index in [0.717, 1.165) is 4.47 Å². The maximum absolute atomic E-state index is 13.0. The first-order chi connectivity index (χ1) is 13.8. The minimum Gasteiger partial charge on any atom is -0.479 e. The van der Waals surface area contributed by atoms with Crippen LogP contribution in [0.5, 0.6) is 5.75 Å². The molecule has 1 N–H and O–H groups in total. The van der Waals surface area contributed by atoms with Crippen LogP contribution in [-0.4, -0.2) is 33.1 Å². The fourth-order valence-corrected chi connectivity index (χ4v) is 3.17. The Balaban J connectivity index is 2.09. The Morgan fingerprint density at radius 1 is 1.38 bits per heavy atom. The first kappa shape index (κ1) is 21.0. The van der Waals surface area contributed by atoms with E-state index in [1.165, 1.54) is 17.8 Å². The van der Waals surface area contributed by atoms with Gasteiger partial charge in [0, 0.05) is 21.5 Å². The van der Waals surface area contributed by atoms with Gasteiger partial charge in [0.15, 0.2) is 6.10 Å². The zero-order valence-corrected chi connectivity index (χ0v) is 17.9. The van der Waals surface area contributed by atoms with Crippen molar-refractivity contribution in [3.8, 4) is 5.75 Å². The third-order valence-corrected chi connectivity index (χ3v) is 4.86. The molecule has 0 radical (unpaired) electrons. The van der Waals surface area contributed by atoms with Gasteiger partial charge in [-0.25, -0.2) is 9.78 Å². The van der Waals surface area contributed by atoms with Gasteiger partial charge in [-0.2, -0.15) is 9.78 Å². The third kappa shape index (κ3) is 4.65. The van der Waals surface area contributed by atoms with Crippen molar-refractivity contribution in [1.29, 1.82) is 0 Å². The predicted octanol–water partition coefficient (Wildman–Crippen LogP) is 4.11. The number of halogens is 2. The van der Waals surface area contributed by atoms with Crippen LogP contribution in [0.2, 0.25) is 5.02 Å². The summed E-state index contributed by atoms with van der Waals surface area (Å²) >= 11 is 9.42. The van der Waals surface area contributed by atoms with Crippen LogP contribution in [0.4, 0.5) is 0 Å². The summed E-state index contributed by atoms with van der Waals surface area (Å²) in [7, 11) is 0. The van der Waals surface area contributed by atoms with Gasteiger partial charge in [0.2, 0.25) is 0 Å². The molecular weight excluding hydrogens is 462 g/mol. The number of nitrogens with zero attached hydrogens (tertiary/aromatic N) is 3. The van der Waals surface area contributed by atoms with Gasteiger partial charge < -0.3 is 9.84 Å². The van der Waals surface area contributed by atoms with E-state index in [1.807, 2.05) is 13.0 Å². The highest BCUT2D eigenvalue weighted by atomic mass is 79.9. The highest BCUT2D eigenvalue weighted by molar-refractivity contribution is 9.10. The van der Waals surface area contributed by atoms with Crippen molar-refractivity contribution >= 4 is 50.6 Å². The van der Waals surface area contributed by atoms with E-state index in [4.69, 9.17) is 21.4 Å². The number of aromatic nitrogens is 2. The molecular formula is C20H17BrClN3O4. The van der Waals surface area contributed by atoms with Crippen molar-refractivity contribution in [3.05, 3.63) is 67.6 Å². The normalized spacial score (nSPS) is 12.4. The quantitative estimate of drug-likeness (QED) is 0.538. The van der Waals surface area contributed by atoms with Crippen LogP contribution in [0, 0.1) is 0 Å². The average molecular weight is 479 g/mol. The summed E-state index contributed by atoms with van der Waals surface area (Å²) in [5.74, 6) is -0.322. The van der Waals surface area contributed by atoms with Crippen LogP contribution < -0.4 is 10.3 Å². The molecule has 0 fully saturated rings. The largest absolute Gasteiger partial charge is 0.479 e. The maximum Gasteiger partial charge on any atom is 0.344 e. The molecule has 0 saturated carbocycles. The minimum atomic E-state index is -1.10. The van der Waals surface area contributed by atoms with Gasteiger partial charge in [0.25, 0.3) is 5.56 Å². The molecule has 0 spiro atoms. The van der Waals surface area contributed by atoms with Gasteiger partial charge in [-0.15, -0.1) is 0 Å². The van der Waals surface area contributed by atoms with Crippen molar-refractivity contribution < 1.29 is 14.6 Å². The van der Waals surface area contributed by atoms with Crippen LogP contribution in [-0.2, 0) is 11.2 Å². The van der Waals surface area contributed by atoms with Gasteiger partial charge in [0.1, 0.15) is 11.6 Å². The first-order valence-corrected chi connectivity index (χ1v) is 9.91. The van der Waals surface area contributed by atoms with E-state index >= 15 is 0 Å². The van der Waals surface area contributed by atoms with E-state index in [1.54, 1.807) is 30.3 Å². The summed E-state index contributed by atoms with van der Waals surface area (Å²) in [5.41, 5.74) is 0.713. The lowest BCUT2D eigenvalue weighted by atomic mass is 10.2. The molecule has 9 heteroatoms. The second-order valence-electron chi connectivity index (χ2n) is 6.19. The van der Waals surface area contributed by atoms with E-state index in [0.29, 0.717) is 33.7 Å². The van der Waals surface area contributed by atoms with E-state index < -0.39 is 12.1 Å². The molecule has 0 aliphatic rings. The molecule has 1 aromatic heterocycles. The smallest absolute Gasteiger partial charge is 0.344 e. The molecule has 150 valence electrons. The van der Waals surface area contributed by atoms with Gasteiger partial charge in [0.05, 0.1) is 17.1 Å². The Hall–Kier alpha value is -2.71. The van der Waals surface area contributed by atoms with E-state index in [2.05, 4.69) is 26.0 Å². The van der Waals surface area contributed by atoms with Crippen LogP contribution in [0.15, 0.2) is 50.8 Å². The summed E-state index contributed by atoms with van der Waals surface area (Å²) < 4.78 is 7.45. The summed E-state index contributed by atoms with van der Waals surface area (Å²) in [6.45, 7) is 3.30. The highest BCUT2D eigenvalue weighted by Crippen LogP contribution is 2.23. The number of carbonyl (C=O) groups is 1. The number of hydrogen-bond donors (Lipinski definition) is 1. The van der Waals surface area contributed by atoms with Crippen LogP contribution in [0.1, 0.15) is 25.2 Å². The number of carboxylic acid groups (broad SMARTS) is 1. The lowest BCUT2D eigenvalue weighted by Gasteiger charge is -2.13. The Morgan fingerprint density at radius 2 is 2.14 bits per heavy atom. The number of aryl methyl sites for hydroxylation is 1. The van der Waals surface area contributed by atoms with Crippen LogP contribution in [0.3, 0.4) is 0 Å². The van der Waals surface area contributed by atoms with Gasteiger partial charge in [-0.3, -0.25) is 4.79 Å². The minimum absolute atomic E-state index is 0.288. The number of carboxylic acids is 1. The summed E-state index contributed by atoms with van der Waals surface area (Å²) in [6.07, 6.45) is 0.840. The molecule has 0 bridgehead atoms. The van der Waals surface area contributed by atoms with Crippen LogP contribution in [0.25, 0.3) is 10.9 Å². The number of hydrogen-bond acceptors (Lipinski definition) is 5. The molecule has 0 aliphatic heterocycles. The molecule has 0 amide bonds. The van der Waals surface area contributed by atoms with Gasteiger partial charge in [-0.1, -0.05) is 34.5 Å². The second-order valence-corrected chi connectivity index (χ2v) is 7.54. The van der Waals surface area contributed by atoms with Gasteiger partial charge >= 0.3 is 5.97 Å². The average Bonchev–Trinajstić information content (AvgIpc) is 2.69. The fourth-order valence-electron chi connectivity index (χ4n) is 2.63. The molecule has 0 unspecified atom stereocenters. The van der Waals surface area contributed by atoms with E-state index in [9.17, 15) is 9.59 Å². The molecule has 3 rings (SSSR count). The summed E-state index contributed by atoms with van der Waals surface area (Å²) in [5, 5.41) is 14.2. The third-order valence-electron chi connectivity index (χ3n) is 4.13. The number of ether oxygens (including phenoxy) is 1. The number of aliphatic carboxylic acids is 1. The molecule has 7 nitrogen and oxygen atoms in total. The highest BCUT2D eigenvalue weighted by Gasteiger charge is 2.15. The number of fused-ring (bicyclic) bond motifs is 1. The molecule has 1 atom stereocenters. The van der Waals surface area contributed by atoms with Crippen molar-refractivity contribution in [2.75, 3.05) is 0 Å². The first-order valence-electron chi connectivity index (χ1n) is 8.74. The number of benzene rings is 2. The SMILES string of the molecule is CCc1nc2ccc(Br)cc2c(=O)n1N=Cc1cc(Cl)ccc1O[C@H](C)C(=O)O. The molecule has 3 aromatic rings. The molecule has 2 aromatic carbocycles. The Labute approximate surface area is 179 Å². The van der Waals surface area contributed by atoms with Crippen molar-refractivity contribution in [1.82, 2.24) is 9.66 Å². The summed E-state index contributed by atoms with van der Waals surface area (Å²) in [6, 6.07) is 10.0. The Bertz CT molecular complexity index is 1180. The zero-order valence-electron chi connectivity index (χ0n) is 15.6. The van der Waals surface area contributed by atoms with Crippen molar-refractivity contribution in [2.45, 2.75) is 26.4 Å². The zero-order chi connectivity index (χ0) is 21.1. The standard InChI is InChI=1S/C20H17BrClN3O4/c1-3-18-24-16-6-4-13(21)9-15(16)19(26)25(18)23-10-12-8-14(22)5-7-17(12)29-11(2)20(27)28/h4-11H,3H2,1-2H3,(H,27,28)/t11-/m1/s1. The fraction of sp³-hybridized carbons (Fsp3) is 0.200. The monoisotopic (exact) mass is 477 g/mol. The summed E-state index contributed by atoms with van der Waals surface area (Å²) in [4.78, 5) is 28.6. The van der Waals surface area contributed by atoms with Crippen molar-refractivity contribution in [2.24, 2.45) is 5.10 Å². The Morgan fingerprint density at radius 3 is 2.83 bits per heavy atom. The lowest BCUT2D eigenvalue weighted by molar-refractivity contribution is -0.144. The molecule has 29 heavy (non-hydrogen) atoms. The maximum atomic E-state index is 13.0. The molecule has 0 saturated heterocycles. The predicted molar refractivity (Wildman–Crippen MR) is 115 cm³/mol. The van der Waals surface area contributed by atoms with Crippen LogP contribution >= 0.6 is 27.5 Å². The second kappa shape index (κ2) is 8.75. The lowest BCUT2D eigenvalue weighted by Crippen LogP contribution is -2.24. The Kier molecular flexibility index (Phi) is 6.34. The number of rotatable bonds is 6. The van der Waals surface area contributed by atoms with Crippen molar-refractivity contribution in [3.63, 3.8) is 0 Å². The van der Waals surface area contributed by atoms with Gasteiger partial charge in [-0.05, 0) is 43.3 Å².